The van der Waals surface area contributed by atoms with Gasteiger partial charge in [0, 0.05) is 5.92 Å². The Balaban J connectivity index is 2.08. The van der Waals surface area contributed by atoms with E-state index in [1.54, 1.807) is 26.8 Å². The minimum atomic E-state index is -3.39. The molecule has 128 valence electrons. The maximum atomic E-state index is 11.7. The van der Waals surface area contributed by atoms with Crippen LogP contribution in [0.4, 0.5) is 5.82 Å². The maximum Gasteiger partial charge on any atom is 0.344 e. The van der Waals surface area contributed by atoms with E-state index < -0.39 is 21.6 Å². The number of esters is 1. The first-order chi connectivity index (χ1) is 10.5. The molecule has 0 spiro atoms. The van der Waals surface area contributed by atoms with Crippen molar-refractivity contribution in [3.63, 3.8) is 0 Å². The SMILES string of the molecule is CC(C)(C)OC(=O)COc1ccc(NS(C)(=O)=O)nc1C1CC1. The summed E-state index contributed by atoms with van der Waals surface area (Å²) in [6.45, 7) is 5.15. The van der Waals surface area contributed by atoms with E-state index >= 15 is 0 Å². The molecule has 1 aromatic rings. The predicted molar refractivity (Wildman–Crippen MR) is 86.0 cm³/mol. The molecule has 0 atom stereocenters. The molecule has 1 heterocycles. The minimum Gasteiger partial charge on any atom is -0.480 e. The zero-order valence-corrected chi connectivity index (χ0v) is 14.6. The standard InChI is InChI=1S/C15H22N2O5S/c1-15(2,3)22-13(18)9-21-11-7-8-12(17-23(4,19)20)16-14(11)10-5-6-10/h7-8,10H,5-6,9H2,1-4H3,(H,16,17). The number of hydrogen-bond acceptors (Lipinski definition) is 6. The first-order valence-corrected chi connectivity index (χ1v) is 9.26. The molecular weight excluding hydrogens is 320 g/mol. The Morgan fingerprint density at radius 3 is 2.52 bits per heavy atom. The van der Waals surface area contributed by atoms with Crippen LogP contribution >= 0.6 is 0 Å². The summed E-state index contributed by atoms with van der Waals surface area (Å²) in [7, 11) is -3.39. The van der Waals surface area contributed by atoms with Gasteiger partial charge < -0.3 is 9.47 Å². The molecule has 7 nitrogen and oxygen atoms in total. The van der Waals surface area contributed by atoms with E-state index in [0.717, 1.165) is 19.1 Å². The first-order valence-electron chi connectivity index (χ1n) is 7.37. The molecule has 1 fully saturated rings. The topological polar surface area (TPSA) is 94.6 Å². The second-order valence-corrected chi connectivity index (χ2v) is 8.35. The lowest BCUT2D eigenvalue weighted by Gasteiger charge is -2.20. The summed E-state index contributed by atoms with van der Waals surface area (Å²) in [6.07, 6.45) is 3.01. The fourth-order valence-corrected chi connectivity index (χ4v) is 2.48. The molecule has 1 aliphatic carbocycles. The van der Waals surface area contributed by atoms with E-state index in [-0.39, 0.29) is 18.3 Å². The van der Waals surface area contributed by atoms with Crippen molar-refractivity contribution in [1.82, 2.24) is 4.98 Å². The van der Waals surface area contributed by atoms with E-state index in [0.29, 0.717) is 11.4 Å². The Hall–Kier alpha value is -1.83. The van der Waals surface area contributed by atoms with Gasteiger partial charge in [-0.15, -0.1) is 0 Å². The lowest BCUT2D eigenvalue weighted by atomic mass is 10.2. The van der Waals surface area contributed by atoms with E-state index in [1.807, 2.05) is 0 Å². The van der Waals surface area contributed by atoms with E-state index in [9.17, 15) is 13.2 Å². The number of nitrogens with one attached hydrogen (secondary N) is 1. The highest BCUT2D eigenvalue weighted by molar-refractivity contribution is 7.92. The molecule has 0 radical (unpaired) electrons. The summed E-state index contributed by atoms with van der Waals surface area (Å²) in [5.74, 6) is 0.513. The number of carbonyl (C=O) groups is 1. The van der Waals surface area contributed by atoms with Crippen molar-refractivity contribution in [3.8, 4) is 5.75 Å². The number of pyridine rings is 1. The average Bonchev–Trinajstić information content (AvgIpc) is 3.17. The average molecular weight is 342 g/mol. The van der Waals surface area contributed by atoms with Crippen LogP contribution in [-0.2, 0) is 19.6 Å². The van der Waals surface area contributed by atoms with Gasteiger partial charge in [0.1, 0.15) is 17.2 Å². The van der Waals surface area contributed by atoms with Crippen molar-refractivity contribution in [1.29, 1.82) is 0 Å². The maximum absolute atomic E-state index is 11.7. The minimum absolute atomic E-state index is 0.211. The van der Waals surface area contributed by atoms with Gasteiger partial charge in [-0.2, -0.15) is 0 Å². The lowest BCUT2D eigenvalue weighted by molar-refractivity contribution is -0.157. The molecule has 1 aromatic heterocycles. The Labute approximate surface area is 136 Å². The van der Waals surface area contributed by atoms with Crippen molar-refractivity contribution in [2.45, 2.75) is 45.1 Å². The third-order valence-electron chi connectivity index (χ3n) is 2.91. The lowest BCUT2D eigenvalue weighted by Crippen LogP contribution is -2.27. The highest BCUT2D eigenvalue weighted by atomic mass is 32.2. The quantitative estimate of drug-likeness (QED) is 0.795. The zero-order valence-electron chi connectivity index (χ0n) is 13.8. The van der Waals surface area contributed by atoms with Gasteiger partial charge in [0.2, 0.25) is 10.0 Å². The monoisotopic (exact) mass is 342 g/mol. The molecule has 0 aliphatic heterocycles. The van der Waals surface area contributed by atoms with Gasteiger partial charge in [-0.25, -0.2) is 18.2 Å². The van der Waals surface area contributed by atoms with E-state index in [2.05, 4.69) is 9.71 Å². The van der Waals surface area contributed by atoms with Crippen LogP contribution in [0.5, 0.6) is 5.75 Å². The van der Waals surface area contributed by atoms with Crippen LogP contribution in [-0.4, -0.2) is 37.8 Å². The number of aromatic nitrogens is 1. The Morgan fingerprint density at radius 1 is 1.35 bits per heavy atom. The second kappa shape index (κ2) is 6.35. The summed E-state index contributed by atoms with van der Waals surface area (Å²) in [6, 6.07) is 3.13. The molecule has 1 saturated carbocycles. The van der Waals surface area contributed by atoms with Crippen molar-refractivity contribution in [2.75, 3.05) is 17.6 Å². The molecule has 8 heteroatoms. The van der Waals surface area contributed by atoms with Crippen LogP contribution in [0.25, 0.3) is 0 Å². The number of nitrogens with zero attached hydrogens (tertiary/aromatic N) is 1. The molecule has 1 aliphatic rings. The van der Waals surface area contributed by atoms with E-state index in [4.69, 9.17) is 9.47 Å². The second-order valence-electron chi connectivity index (χ2n) is 6.60. The van der Waals surface area contributed by atoms with Gasteiger partial charge in [0.05, 0.1) is 11.9 Å². The third kappa shape index (κ3) is 6.05. The largest absolute Gasteiger partial charge is 0.480 e. The van der Waals surface area contributed by atoms with E-state index in [1.165, 1.54) is 6.07 Å². The van der Waals surface area contributed by atoms with Gasteiger partial charge in [-0.3, -0.25) is 4.72 Å². The number of anilines is 1. The van der Waals surface area contributed by atoms with Crippen LogP contribution in [0, 0.1) is 0 Å². The summed E-state index contributed by atoms with van der Waals surface area (Å²) < 4.78 is 35.6. The van der Waals surface area contributed by atoms with Crippen molar-refractivity contribution < 1.29 is 22.7 Å². The molecule has 0 aromatic carbocycles. The third-order valence-corrected chi connectivity index (χ3v) is 3.49. The summed E-state index contributed by atoms with van der Waals surface area (Å²) >= 11 is 0. The normalized spacial score (nSPS) is 15.1. The summed E-state index contributed by atoms with van der Waals surface area (Å²) in [5.41, 5.74) is 0.101. The van der Waals surface area contributed by atoms with Crippen molar-refractivity contribution in [3.05, 3.63) is 17.8 Å². The number of sulfonamides is 1. The van der Waals surface area contributed by atoms with Crippen LogP contribution < -0.4 is 9.46 Å². The predicted octanol–water partition coefficient (Wildman–Crippen LogP) is 2.05. The van der Waals surface area contributed by atoms with Gasteiger partial charge in [0.15, 0.2) is 6.61 Å². The highest BCUT2D eigenvalue weighted by Crippen LogP contribution is 2.43. The van der Waals surface area contributed by atoms with Crippen molar-refractivity contribution in [2.24, 2.45) is 0 Å². The molecule has 0 amide bonds. The number of ether oxygens (including phenoxy) is 2. The molecule has 0 saturated heterocycles. The van der Waals surface area contributed by atoms with Crippen LogP contribution in [0.1, 0.15) is 45.2 Å². The van der Waals surface area contributed by atoms with Crippen LogP contribution in [0.2, 0.25) is 0 Å². The summed E-state index contributed by atoms with van der Waals surface area (Å²) in [4.78, 5) is 16.0. The Morgan fingerprint density at radius 2 is 2.00 bits per heavy atom. The fourth-order valence-electron chi connectivity index (χ4n) is 1.99. The first kappa shape index (κ1) is 17.5. The molecule has 0 unspecified atom stereocenters. The van der Waals surface area contributed by atoms with Gasteiger partial charge in [0.25, 0.3) is 0 Å². The molecule has 1 N–H and O–H groups in total. The Bertz CT molecular complexity index is 690. The van der Waals surface area contributed by atoms with Gasteiger partial charge in [-0.1, -0.05) is 0 Å². The zero-order chi connectivity index (χ0) is 17.3. The number of hydrogen-bond donors (Lipinski definition) is 1. The molecule has 0 bridgehead atoms. The fraction of sp³-hybridized carbons (Fsp3) is 0.600. The highest BCUT2D eigenvalue weighted by Gasteiger charge is 2.29. The van der Waals surface area contributed by atoms with Crippen LogP contribution in [0.15, 0.2) is 12.1 Å². The van der Waals surface area contributed by atoms with Crippen LogP contribution in [0.3, 0.4) is 0 Å². The van der Waals surface area contributed by atoms with Gasteiger partial charge >= 0.3 is 5.97 Å². The molecular formula is C15H22N2O5S. The summed E-state index contributed by atoms with van der Waals surface area (Å²) in [5, 5.41) is 0. The number of carbonyl (C=O) groups excluding carboxylic acids is 1. The Kier molecular flexibility index (Phi) is 4.84. The molecule has 2 rings (SSSR count). The number of rotatable bonds is 6. The smallest absolute Gasteiger partial charge is 0.344 e. The van der Waals surface area contributed by atoms with Crippen molar-refractivity contribution >= 4 is 21.8 Å². The van der Waals surface area contributed by atoms with Gasteiger partial charge in [-0.05, 0) is 45.7 Å². The molecule has 23 heavy (non-hydrogen) atoms.